The maximum Gasteiger partial charge on any atom is 0.191 e. The Bertz CT molecular complexity index is 490. The Labute approximate surface area is 113 Å². The van der Waals surface area contributed by atoms with Crippen molar-refractivity contribution < 1.29 is 0 Å². The summed E-state index contributed by atoms with van der Waals surface area (Å²) in [7, 11) is 4.07. The molecule has 102 valence electrons. The summed E-state index contributed by atoms with van der Waals surface area (Å²) in [5.74, 6) is 0.678. The van der Waals surface area contributed by atoms with E-state index in [9.17, 15) is 0 Å². The lowest BCUT2D eigenvalue weighted by atomic mass is 10.1. The SMILES string of the molecule is CC(NC(C)c1nn[nH]n1)c1ccc(N(C)C)cc1. The van der Waals surface area contributed by atoms with E-state index in [0.717, 1.165) is 0 Å². The van der Waals surface area contributed by atoms with Crippen molar-refractivity contribution in [2.75, 3.05) is 19.0 Å². The highest BCUT2D eigenvalue weighted by Crippen LogP contribution is 2.20. The van der Waals surface area contributed by atoms with Crippen molar-refractivity contribution >= 4 is 5.69 Å². The minimum atomic E-state index is 0.0577. The molecule has 2 aromatic rings. The quantitative estimate of drug-likeness (QED) is 0.856. The Morgan fingerprint density at radius 2 is 1.79 bits per heavy atom. The fourth-order valence-electron chi connectivity index (χ4n) is 1.96. The van der Waals surface area contributed by atoms with Crippen LogP contribution in [0.5, 0.6) is 0 Å². The lowest BCUT2D eigenvalue weighted by molar-refractivity contribution is 0.477. The van der Waals surface area contributed by atoms with Gasteiger partial charge in [-0.05, 0) is 31.5 Å². The van der Waals surface area contributed by atoms with Crippen LogP contribution >= 0.6 is 0 Å². The second-order valence-corrected chi connectivity index (χ2v) is 4.87. The van der Waals surface area contributed by atoms with Gasteiger partial charge in [0.25, 0.3) is 0 Å². The molecular weight excluding hydrogens is 240 g/mol. The maximum absolute atomic E-state index is 3.98. The smallest absolute Gasteiger partial charge is 0.191 e. The molecule has 0 aliphatic rings. The van der Waals surface area contributed by atoms with Crippen molar-refractivity contribution in [2.45, 2.75) is 25.9 Å². The van der Waals surface area contributed by atoms with E-state index < -0.39 is 0 Å². The van der Waals surface area contributed by atoms with Gasteiger partial charge in [0.2, 0.25) is 0 Å². The van der Waals surface area contributed by atoms with Gasteiger partial charge in [0.05, 0.1) is 6.04 Å². The van der Waals surface area contributed by atoms with E-state index in [1.165, 1.54) is 11.3 Å². The van der Waals surface area contributed by atoms with Gasteiger partial charge in [-0.25, -0.2) is 0 Å². The normalized spacial score (nSPS) is 14.1. The standard InChI is InChI=1S/C13H20N6/c1-9(14-10(2)13-15-17-18-16-13)11-5-7-12(8-6-11)19(3)4/h5-10,14H,1-4H3,(H,15,16,17,18). The molecule has 0 saturated heterocycles. The van der Waals surface area contributed by atoms with Gasteiger partial charge in [-0.3, -0.25) is 0 Å². The largest absolute Gasteiger partial charge is 0.378 e. The number of nitrogens with zero attached hydrogens (tertiary/aromatic N) is 4. The third-order valence-electron chi connectivity index (χ3n) is 3.16. The van der Waals surface area contributed by atoms with Crippen molar-refractivity contribution in [3.8, 4) is 0 Å². The van der Waals surface area contributed by atoms with Crippen molar-refractivity contribution in [1.29, 1.82) is 0 Å². The summed E-state index contributed by atoms with van der Waals surface area (Å²) in [6.07, 6.45) is 0. The highest BCUT2D eigenvalue weighted by Gasteiger charge is 2.14. The van der Waals surface area contributed by atoms with Gasteiger partial charge in [-0.2, -0.15) is 5.21 Å². The van der Waals surface area contributed by atoms with E-state index in [-0.39, 0.29) is 12.1 Å². The Balaban J connectivity index is 2.01. The Kier molecular flexibility index (Phi) is 4.11. The lowest BCUT2D eigenvalue weighted by Crippen LogP contribution is -2.23. The summed E-state index contributed by atoms with van der Waals surface area (Å²) >= 11 is 0. The number of rotatable bonds is 5. The van der Waals surface area contributed by atoms with Crippen molar-refractivity contribution in [2.24, 2.45) is 0 Å². The molecule has 1 heterocycles. The Morgan fingerprint density at radius 1 is 1.11 bits per heavy atom. The van der Waals surface area contributed by atoms with E-state index in [4.69, 9.17) is 0 Å². The molecule has 1 aromatic heterocycles. The average molecular weight is 260 g/mol. The predicted molar refractivity (Wildman–Crippen MR) is 74.9 cm³/mol. The zero-order valence-corrected chi connectivity index (χ0v) is 11.8. The molecule has 0 radical (unpaired) electrons. The highest BCUT2D eigenvalue weighted by molar-refractivity contribution is 5.46. The fourth-order valence-corrected chi connectivity index (χ4v) is 1.96. The number of aromatic nitrogens is 4. The first-order chi connectivity index (χ1) is 9.08. The molecular formula is C13H20N6. The summed E-state index contributed by atoms with van der Waals surface area (Å²) in [6, 6.07) is 8.79. The molecule has 19 heavy (non-hydrogen) atoms. The number of anilines is 1. The van der Waals surface area contributed by atoms with E-state index in [1.807, 2.05) is 21.0 Å². The minimum Gasteiger partial charge on any atom is -0.378 e. The lowest BCUT2D eigenvalue weighted by Gasteiger charge is -2.19. The van der Waals surface area contributed by atoms with Gasteiger partial charge in [0.15, 0.2) is 5.82 Å². The molecule has 2 atom stereocenters. The van der Waals surface area contributed by atoms with E-state index in [0.29, 0.717) is 5.82 Å². The van der Waals surface area contributed by atoms with Crippen LogP contribution in [0.15, 0.2) is 24.3 Å². The van der Waals surface area contributed by atoms with Gasteiger partial charge >= 0.3 is 0 Å². The second-order valence-electron chi connectivity index (χ2n) is 4.87. The molecule has 2 rings (SSSR count). The molecule has 0 aliphatic heterocycles. The summed E-state index contributed by atoms with van der Waals surface area (Å²) < 4.78 is 0. The first kappa shape index (κ1) is 13.5. The van der Waals surface area contributed by atoms with Crippen molar-refractivity contribution in [3.63, 3.8) is 0 Å². The first-order valence-electron chi connectivity index (χ1n) is 6.34. The zero-order valence-electron chi connectivity index (χ0n) is 11.8. The molecule has 1 aromatic carbocycles. The maximum atomic E-state index is 3.98. The molecule has 0 amide bonds. The second kappa shape index (κ2) is 5.79. The van der Waals surface area contributed by atoms with Gasteiger partial charge in [-0.15, -0.1) is 10.2 Å². The number of tetrazole rings is 1. The third-order valence-corrected chi connectivity index (χ3v) is 3.16. The first-order valence-corrected chi connectivity index (χ1v) is 6.34. The van der Waals surface area contributed by atoms with Crippen LogP contribution in [0.2, 0.25) is 0 Å². The van der Waals surface area contributed by atoms with Crippen molar-refractivity contribution in [1.82, 2.24) is 25.9 Å². The molecule has 0 aliphatic carbocycles. The van der Waals surface area contributed by atoms with E-state index in [1.54, 1.807) is 0 Å². The molecule has 6 heteroatoms. The van der Waals surface area contributed by atoms with Crippen LogP contribution in [0.3, 0.4) is 0 Å². The third kappa shape index (κ3) is 3.29. The van der Waals surface area contributed by atoms with Crippen LogP contribution in [0.4, 0.5) is 5.69 Å². The van der Waals surface area contributed by atoms with Crippen molar-refractivity contribution in [3.05, 3.63) is 35.7 Å². The van der Waals surface area contributed by atoms with Gasteiger partial charge in [0.1, 0.15) is 0 Å². The van der Waals surface area contributed by atoms with Crippen LogP contribution in [0, 0.1) is 0 Å². The molecule has 0 fully saturated rings. The monoisotopic (exact) mass is 260 g/mol. The minimum absolute atomic E-state index is 0.0577. The van der Waals surface area contributed by atoms with Gasteiger partial charge in [0, 0.05) is 25.8 Å². The van der Waals surface area contributed by atoms with Crippen LogP contribution in [0.25, 0.3) is 0 Å². The molecule has 0 spiro atoms. The summed E-state index contributed by atoms with van der Waals surface area (Å²) in [4.78, 5) is 2.09. The van der Waals surface area contributed by atoms with Crippen LogP contribution < -0.4 is 10.2 Å². The number of hydrogen-bond donors (Lipinski definition) is 2. The molecule has 6 nitrogen and oxygen atoms in total. The van der Waals surface area contributed by atoms with E-state index in [2.05, 4.69) is 62.0 Å². The summed E-state index contributed by atoms with van der Waals surface area (Å²) in [6.45, 7) is 4.15. The van der Waals surface area contributed by atoms with Crippen LogP contribution in [0.1, 0.15) is 37.3 Å². The average Bonchev–Trinajstić information content (AvgIpc) is 2.92. The number of H-pyrrole nitrogens is 1. The number of hydrogen-bond acceptors (Lipinski definition) is 5. The van der Waals surface area contributed by atoms with Crippen LogP contribution in [-0.4, -0.2) is 34.7 Å². The molecule has 0 saturated carbocycles. The molecule has 2 N–H and O–H groups in total. The number of benzene rings is 1. The topological polar surface area (TPSA) is 69.7 Å². The van der Waals surface area contributed by atoms with Crippen LogP contribution in [-0.2, 0) is 0 Å². The zero-order chi connectivity index (χ0) is 13.8. The van der Waals surface area contributed by atoms with Gasteiger partial charge < -0.3 is 10.2 Å². The molecule has 2 unspecified atom stereocenters. The Morgan fingerprint density at radius 3 is 2.32 bits per heavy atom. The summed E-state index contributed by atoms with van der Waals surface area (Å²) in [5, 5.41) is 17.5. The number of aromatic amines is 1. The Hall–Kier alpha value is -1.95. The number of nitrogens with one attached hydrogen (secondary N) is 2. The van der Waals surface area contributed by atoms with Gasteiger partial charge in [-0.1, -0.05) is 17.3 Å². The highest BCUT2D eigenvalue weighted by atomic mass is 15.5. The summed E-state index contributed by atoms with van der Waals surface area (Å²) in [5.41, 5.74) is 2.43. The van der Waals surface area contributed by atoms with E-state index >= 15 is 0 Å². The predicted octanol–water partition coefficient (Wildman–Crippen LogP) is 1.68. The fraction of sp³-hybridized carbons (Fsp3) is 0.462. The molecule has 0 bridgehead atoms.